The number of piperazine rings is 1. The maximum absolute atomic E-state index is 3.58. The molecule has 2 fully saturated rings. The Kier molecular flexibility index (Phi) is 6.31. The molecule has 2 rings (SSSR count). The van der Waals surface area contributed by atoms with E-state index in [2.05, 4.69) is 35.9 Å². The average molecular weight is 281 g/mol. The third-order valence-corrected chi connectivity index (χ3v) is 4.80. The molecule has 1 N–H and O–H groups in total. The van der Waals surface area contributed by atoms with Crippen LogP contribution in [0.2, 0.25) is 0 Å². The minimum absolute atomic E-state index is 0.271. The first-order valence-corrected chi connectivity index (χ1v) is 8.76. The van der Waals surface area contributed by atoms with E-state index in [1.54, 1.807) is 0 Å². The predicted molar refractivity (Wildman–Crippen MR) is 87.3 cm³/mol. The van der Waals surface area contributed by atoms with E-state index < -0.39 is 0 Å². The van der Waals surface area contributed by atoms with Crippen LogP contribution >= 0.6 is 0 Å². The fraction of sp³-hybridized carbons (Fsp3) is 1.00. The Morgan fingerprint density at radius 2 is 1.60 bits per heavy atom. The van der Waals surface area contributed by atoms with Gasteiger partial charge in [-0.25, -0.2) is 0 Å². The van der Waals surface area contributed by atoms with Gasteiger partial charge in [0.1, 0.15) is 0 Å². The molecule has 0 amide bonds. The van der Waals surface area contributed by atoms with Crippen LogP contribution in [0.15, 0.2) is 0 Å². The first-order chi connectivity index (χ1) is 9.54. The zero-order valence-corrected chi connectivity index (χ0v) is 14.0. The fourth-order valence-corrected chi connectivity index (χ4v) is 3.55. The van der Waals surface area contributed by atoms with Crippen LogP contribution in [0.1, 0.15) is 59.3 Å². The molecule has 3 heteroatoms. The summed E-state index contributed by atoms with van der Waals surface area (Å²) < 4.78 is 0. The second kappa shape index (κ2) is 7.77. The quantitative estimate of drug-likeness (QED) is 0.755. The molecule has 1 saturated carbocycles. The molecule has 3 nitrogen and oxygen atoms in total. The van der Waals surface area contributed by atoms with E-state index in [-0.39, 0.29) is 5.54 Å². The Morgan fingerprint density at radius 1 is 0.950 bits per heavy atom. The van der Waals surface area contributed by atoms with Gasteiger partial charge in [-0.05, 0) is 59.5 Å². The Hall–Kier alpha value is -0.120. The number of hydrogen-bond acceptors (Lipinski definition) is 3. The number of hydrogen-bond donors (Lipinski definition) is 1. The normalized spacial score (nSPS) is 23.6. The minimum Gasteiger partial charge on any atom is -0.312 e. The molecule has 0 unspecified atom stereocenters. The summed E-state index contributed by atoms with van der Waals surface area (Å²) in [6.07, 6.45) is 8.49. The first kappa shape index (κ1) is 16.3. The van der Waals surface area contributed by atoms with Crippen molar-refractivity contribution in [3.63, 3.8) is 0 Å². The molecule has 0 atom stereocenters. The van der Waals surface area contributed by atoms with E-state index in [1.165, 1.54) is 71.2 Å². The summed E-state index contributed by atoms with van der Waals surface area (Å²) in [5.41, 5.74) is 0.271. The summed E-state index contributed by atoms with van der Waals surface area (Å²) in [5.74, 6) is 0. The number of unbranched alkanes of at least 4 members (excludes halogenated alkanes) is 1. The summed E-state index contributed by atoms with van der Waals surface area (Å²) in [7, 11) is 0. The predicted octanol–water partition coefficient (Wildman–Crippen LogP) is 2.71. The molecular formula is C17H35N3. The molecule has 0 aromatic rings. The Labute approximate surface area is 126 Å². The molecule has 20 heavy (non-hydrogen) atoms. The lowest BCUT2D eigenvalue weighted by Gasteiger charge is -2.38. The second-order valence-corrected chi connectivity index (χ2v) is 7.70. The summed E-state index contributed by atoms with van der Waals surface area (Å²) in [6.45, 7) is 14.4. The zero-order valence-electron chi connectivity index (χ0n) is 14.0. The Bertz CT molecular complexity index is 258. The van der Waals surface area contributed by atoms with Crippen molar-refractivity contribution < 1.29 is 0 Å². The maximum Gasteiger partial charge on any atom is 0.0113 e. The van der Waals surface area contributed by atoms with Crippen LogP contribution in [0.5, 0.6) is 0 Å². The van der Waals surface area contributed by atoms with E-state index in [4.69, 9.17) is 0 Å². The highest BCUT2D eigenvalue weighted by molar-refractivity contribution is 4.82. The van der Waals surface area contributed by atoms with Gasteiger partial charge in [-0.2, -0.15) is 0 Å². The van der Waals surface area contributed by atoms with E-state index in [1.807, 2.05) is 0 Å². The van der Waals surface area contributed by atoms with Gasteiger partial charge in [-0.15, -0.1) is 0 Å². The highest BCUT2D eigenvalue weighted by atomic mass is 15.3. The van der Waals surface area contributed by atoms with E-state index >= 15 is 0 Å². The van der Waals surface area contributed by atoms with Crippen LogP contribution in [0.25, 0.3) is 0 Å². The monoisotopic (exact) mass is 281 g/mol. The molecule has 1 aliphatic heterocycles. The number of nitrogens with one attached hydrogen (secondary N) is 1. The van der Waals surface area contributed by atoms with Gasteiger partial charge in [0.25, 0.3) is 0 Å². The summed E-state index contributed by atoms with van der Waals surface area (Å²) in [6, 6.07) is 0.924. The zero-order chi connectivity index (χ0) is 14.4. The third kappa shape index (κ3) is 5.71. The highest BCUT2D eigenvalue weighted by Gasteiger charge is 2.25. The average Bonchev–Trinajstić information content (AvgIpc) is 2.92. The molecule has 118 valence electrons. The largest absolute Gasteiger partial charge is 0.312 e. The Morgan fingerprint density at radius 3 is 2.20 bits per heavy atom. The van der Waals surface area contributed by atoms with Crippen LogP contribution in [-0.2, 0) is 0 Å². The molecule has 0 aromatic carbocycles. The van der Waals surface area contributed by atoms with Gasteiger partial charge in [0.15, 0.2) is 0 Å². The molecule has 1 heterocycles. The highest BCUT2D eigenvalue weighted by Crippen LogP contribution is 2.24. The topological polar surface area (TPSA) is 18.5 Å². The smallest absolute Gasteiger partial charge is 0.0113 e. The van der Waals surface area contributed by atoms with Crippen molar-refractivity contribution in [3.05, 3.63) is 0 Å². The number of nitrogens with zero attached hydrogens (tertiary/aromatic N) is 2. The SMILES string of the molecule is CC(C)(C)NCCCCN1CCN(C2CCCC2)CC1. The van der Waals surface area contributed by atoms with Crippen LogP contribution in [0, 0.1) is 0 Å². The summed E-state index contributed by atoms with van der Waals surface area (Å²) in [4.78, 5) is 5.42. The summed E-state index contributed by atoms with van der Waals surface area (Å²) >= 11 is 0. The van der Waals surface area contributed by atoms with Crippen LogP contribution in [0.3, 0.4) is 0 Å². The van der Waals surface area contributed by atoms with E-state index in [9.17, 15) is 0 Å². The molecule has 0 bridgehead atoms. The van der Waals surface area contributed by atoms with E-state index in [0.717, 1.165) is 12.6 Å². The van der Waals surface area contributed by atoms with Crippen LogP contribution < -0.4 is 5.32 Å². The van der Waals surface area contributed by atoms with Crippen molar-refractivity contribution in [3.8, 4) is 0 Å². The van der Waals surface area contributed by atoms with Crippen molar-refractivity contribution in [2.75, 3.05) is 39.3 Å². The maximum atomic E-state index is 3.58. The molecule has 1 saturated heterocycles. The molecule has 0 spiro atoms. The summed E-state index contributed by atoms with van der Waals surface area (Å²) in [5, 5.41) is 3.58. The molecule has 2 aliphatic rings. The van der Waals surface area contributed by atoms with Gasteiger partial charge in [-0.3, -0.25) is 4.90 Å². The van der Waals surface area contributed by atoms with Crippen LogP contribution in [0.4, 0.5) is 0 Å². The van der Waals surface area contributed by atoms with E-state index in [0.29, 0.717) is 0 Å². The second-order valence-electron chi connectivity index (χ2n) is 7.70. The molecular weight excluding hydrogens is 246 g/mol. The van der Waals surface area contributed by atoms with Gasteiger partial charge in [0, 0.05) is 37.8 Å². The van der Waals surface area contributed by atoms with Crippen molar-refractivity contribution in [1.29, 1.82) is 0 Å². The molecule has 1 aliphatic carbocycles. The van der Waals surface area contributed by atoms with Gasteiger partial charge in [0.2, 0.25) is 0 Å². The number of rotatable bonds is 6. The van der Waals surface area contributed by atoms with Gasteiger partial charge < -0.3 is 10.2 Å². The van der Waals surface area contributed by atoms with Gasteiger partial charge in [0.05, 0.1) is 0 Å². The lowest BCUT2D eigenvalue weighted by Crippen LogP contribution is -2.49. The van der Waals surface area contributed by atoms with Crippen molar-refractivity contribution in [1.82, 2.24) is 15.1 Å². The fourth-order valence-electron chi connectivity index (χ4n) is 3.55. The van der Waals surface area contributed by atoms with Crippen molar-refractivity contribution >= 4 is 0 Å². The Balaban J connectivity index is 1.51. The molecule has 0 aromatic heterocycles. The van der Waals surface area contributed by atoms with Gasteiger partial charge in [-0.1, -0.05) is 12.8 Å². The first-order valence-electron chi connectivity index (χ1n) is 8.76. The minimum atomic E-state index is 0.271. The van der Waals surface area contributed by atoms with Crippen molar-refractivity contribution in [2.45, 2.75) is 70.9 Å². The molecule has 0 radical (unpaired) electrons. The standard InChI is InChI=1S/C17H35N3/c1-17(2,3)18-10-6-7-11-19-12-14-20(15-13-19)16-8-4-5-9-16/h16,18H,4-15H2,1-3H3. The van der Waals surface area contributed by atoms with Gasteiger partial charge >= 0.3 is 0 Å². The van der Waals surface area contributed by atoms with Crippen LogP contribution in [-0.4, -0.2) is 60.6 Å². The van der Waals surface area contributed by atoms with Crippen molar-refractivity contribution in [2.24, 2.45) is 0 Å². The third-order valence-electron chi connectivity index (χ3n) is 4.80. The lowest BCUT2D eigenvalue weighted by atomic mass is 10.1. The lowest BCUT2D eigenvalue weighted by molar-refractivity contribution is 0.0968.